The molecule has 1 aromatic heterocycles. The summed E-state index contributed by atoms with van der Waals surface area (Å²) in [5.41, 5.74) is 2.36. The summed E-state index contributed by atoms with van der Waals surface area (Å²) in [5, 5.41) is 12.6. The van der Waals surface area contributed by atoms with Gasteiger partial charge in [0.1, 0.15) is 11.9 Å². The number of piperazine rings is 1. The van der Waals surface area contributed by atoms with Crippen molar-refractivity contribution in [2.24, 2.45) is 0 Å². The van der Waals surface area contributed by atoms with Crippen molar-refractivity contribution in [3.8, 4) is 6.07 Å². The van der Waals surface area contributed by atoms with E-state index in [1.165, 1.54) is 0 Å². The molecule has 0 spiro atoms. The number of anilines is 1. The fourth-order valence-corrected chi connectivity index (χ4v) is 4.03. The van der Waals surface area contributed by atoms with E-state index in [1.807, 2.05) is 23.3 Å². The van der Waals surface area contributed by atoms with Crippen molar-refractivity contribution >= 4 is 17.8 Å². The molecule has 0 unspecified atom stereocenters. The van der Waals surface area contributed by atoms with Crippen molar-refractivity contribution in [2.75, 3.05) is 51.3 Å². The number of hydrogen-bond acceptors (Lipinski definition) is 6. The van der Waals surface area contributed by atoms with Crippen molar-refractivity contribution in [1.29, 1.82) is 5.26 Å². The highest BCUT2D eigenvalue weighted by Crippen LogP contribution is 2.28. The highest BCUT2D eigenvalue weighted by Gasteiger charge is 2.26. The van der Waals surface area contributed by atoms with Crippen molar-refractivity contribution in [3.05, 3.63) is 16.8 Å². The lowest BCUT2D eigenvalue weighted by molar-refractivity contribution is -0.117. The monoisotopic (exact) mass is 417 g/mol. The van der Waals surface area contributed by atoms with E-state index in [0.717, 1.165) is 30.7 Å². The highest BCUT2D eigenvalue weighted by molar-refractivity contribution is 5.93. The standard InChI is InChI=1S/C21H31N5O4/c1-4-29-21(28)25-9-7-24(8-10-25)14-19(27)23-20-18(12-22)15(2)16(3)26(20)13-17-6-5-11-30-17/h17H,4-11,13-14H2,1-3H3,(H,23,27)/t17-/m0/s1. The second-order valence-corrected chi connectivity index (χ2v) is 7.80. The average Bonchev–Trinajstić information content (AvgIpc) is 3.32. The molecule has 9 nitrogen and oxygen atoms in total. The van der Waals surface area contributed by atoms with E-state index in [0.29, 0.717) is 50.7 Å². The zero-order valence-corrected chi connectivity index (χ0v) is 18.1. The number of carbonyl (C=O) groups excluding carboxylic acids is 2. The normalized spacial score (nSPS) is 19.5. The van der Waals surface area contributed by atoms with E-state index in [4.69, 9.17) is 9.47 Å². The van der Waals surface area contributed by atoms with Gasteiger partial charge in [0.25, 0.3) is 0 Å². The van der Waals surface area contributed by atoms with Gasteiger partial charge in [-0.2, -0.15) is 5.26 Å². The molecule has 2 aliphatic heterocycles. The Morgan fingerprint density at radius 1 is 1.27 bits per heavy atom. The summed E-state index contributed by atoms with van der Waals surface area (Å²) in [5.74, 6) is 0.389. The van der Waals surface area contributed by atoms with Gasteiger partial charge in [-0.3, -0.25) is 9.69 Å². The van der Waals surface area contributed by atoms with Crippen LogP contribution in [0.15, 0.2) is 0 Å². The Morgan fingerprint density at radius 3 is 2.60 bits per heavy atom. The minimum Gasteiger partial charge on any atom is -0.450 e. The summed E-state index contributed by atoms with van der Waals surface area (Å²) in [6.07, 6.45) is 1.82. The molecule has 3 heterocycles. The van der Waals surface area contributed by atoms with Gasteiger partial charge in [-0.25, -0.2) is 4.79 Å². The quantitative estimate of drug-likeness (QED) is 0.759. The highest BCUT2D eigenvalue weighted by atomic mass is 16.6. The lowest BCUT2D eigenvalue weighted by Crippen LogP contribution is -2.50. The summed E-state index contributed by atoms with van der Waals surface area (Å²) in [6.45, 7) is 9.88. The van der Waals surface area contributed by atoms with Gasteiger partial charge >= 0.3 is 6.09 Å². The van der Waals surface area contributed by atoms with Gasteiger partial charge in [0.2, 0.25) is 5.91 Å². The first-order valence-corrected chi connectivity index (χ1v) is 10.6. The zero-order valence-electron chi connectivity index (χ0n) is 18.1. The smallest absolute Gasteiger partial charge is 0.409 e. The predicted molar refractivity (Wildman–Crippen MR) is 111 cm³/mol. The molecule has 30 heavy (non-hydrogen) atoms. The molecule has 2 saturated heterocycles. The number of ether oxygens (including phenoxy) is 2. The van der Waals surface area contributed by atoms with E-state index in [1.54, 1.807) is 11.8 Å². The van der Waals surface area contributed by atoms with Gasteiger partial charge in [-0.05, 0) is 39.2 Å². The average molecular weight is 418 g/mol. The number of hydrogen-bond donors (Lipinski definition) is 1. The van der Waals surface area contributed by atoms with Crippen LogP contribution < -0.4 is 5.32 Å². The van der Waals surface area contributed by atoms with E-state index in [2.05, 4.69) is 11.4 Å². The molecule has 0 radical (unpaired) electrons. The molecule has 1 N–H and O–H groups in total. The summed E-state index contributed by atoms with van der Waals surface area (Å²) in [7, 11) is 0. The molecule has 0 aliphatic carbocycles. The van der Waals surface area contributed by atoms with E-state index < -0.39 is 0 Å². The predicted octanol–water partition coefficient (Wildman–Crippen LogP) is 1.87. The van der Waals surface area contributed by atoms with Crippen LogP contribution in [0.1, 0.15) is 36.6 Å². The lowest BCUT2D eigenvalue weighted by atomic mass is 10.2. The Balaban J connectivity index is 1.63. The molecule has 2 aliphatic rings. The van der Waals surface area contributed by atoms with Crippen LogP contribution >= 0.6 is 0 Å². The van der Waals surface area contributed by atoms with Gasteiger partial charge in [-0.1, -0.05) is 0 Å². The molecular weight excluding hydrogens is 386 g/mol. The molecule has 2 amide bonds. The number of nitrogens with one attached hydrogen (secondary N) is 1. The molecule has 1 aromatic rings. The molecule has 3 rings (SSSR count). The summed E-state index contributed by atoms with van der Waals surface area (Å²) < 4.78 is 12.8. The fourth-order valence-electron chi connectivity index (χ4n) is 4.03. The second kappa shape index (κ2) is 9.96. The Kier molecular flexibility index (Phi) is 7.34. The van der Waals surface area contributed by atoms with Crippen molar-refractivity contribution < 1.29 is 19.1 Å². The Bertz CT molecular complexity index is 814. The summed E-state index contributed by atoms with van der Waals surface area (Å²) >= 11 is 0. The molecule has 9 heteroatoms. The first kappa shape index (κ1) is 22.1. The first-order valence-electron chi connectivity index (χ1n) is 10.6. The number of rotatable bonds is 6. The number of nitriles is 1. The van der Waals surface area contributed by atoms with Gasteiger partial charge in [0.15, 0.2) is 0 Å². The number of nitrogens with zero attached hydrogens (tertiary/aromatic N) is 4. The topological polar surface area (TPSA) is 99.8 Å². The van der Waals surface area contributed by atoms with Crippen LogP contribution in [0.2, 0.25) is 0 Å². The largest absolute Gasteiger partial charge is 0.450 e. The second-order valence-electron chi connectivity index (χ2n) is 7.80. The van der Waals surface area contributed by atoms with Crippen LogP contribution in [0.4, 0.5) is 10.6 Å². The van der Waals surface area contributed by atoms with Crippen molar-refractivity contribution in [1.82, 2.24) is 14.4 Å². The van der Waals surface area contributed by atoms with Crippen LogP contribution in [0.25, 0.3) is 0 Å². The number of amides is 2. The SMILES string of the molecule is CCOC(=O)N1CCN(CC(=O)Nc2c(C#N)c(C)c(C)n2C[C@@H]2CCCO2)CC1. The van der Waals surface area contributed by atoms with Gasteiger partial charge in [0, 0.05) is 38.5 Å². The van der Waals surface area contributed by atoms with E-state index in [9.17, 15) is 14.9 Å². The maximum atomic E-state index is 12.8. The Morgan fingerprint density at radius 2 is 2.00 bits per heavy atom. The van der Waals surface area contributed by atoms with Gasteiger partial charge in [0.05, 0.1) is 31.4 Å². The molecule has 1 atom stereocenters. The van der Waals surface area contributed by atoms with E-state index >= 15 is 0 Å². The molecule has 2 fully saturated rings. The third kappa shape index (κ3) is 4.94. The molecule has 164 valence electrons. The summed E-state index contributed by atoms with van der Waals surface area (Å²) in [4.78, 5) is 28.2. The van der Waals surface area contributed by atoms with Crippen LogP contribution in [-0.2, 0) is 20.8 Å². The maximum Gasteiger partial charge on any atom is 0.409 e. The first-order chi connectivity index (χ1) is 14.4. The van der Waals surface area contributed by atoms with Gasteiger partial charge in [-0.15, -0.1) is 0 Å². The van der Waals surface area contributed by atoms with Crippen molar-refractivity contribution in [3.63, 3.8) is 0 Å². The van der Waals surface area contributed by atoms with Crippen molar-refractivity contribution in [2.45, 2.75) is 46.3 Å². The molecule has 0 aromatic carbocycles. The summed E-state index contributed by atoms with van der Waals surface area (Å²) in [6, 6.07) is 2.24. The Labute approximate surface area is 177 Å². The molecular formula is C21H31N5O4. The fraction of sp³-hybridized carbons (Fsp3) is 0.667. The molecule has 0 saturated carbocycles. The third-order valence-corrected chi connectivity index (χ3v) is 5.87. The number of carbonyl (C=O) groups is 2. The molecule has 0 bridgehead atoms. The number of aromatic nitrogens is 1. The third-order valence-electron chi connectivity index (χ3n) is 5.87. The zero-order chi connectivity index (χ0) is 21.7. The Hall–Kier alpha value is -2.57. The van der Waals surface area contributed by atoms with Crippen LogP contribution in [0.3, 0.4) is 0 Å². The maximum absolute atomic E-state index is 12.8. The lowest BCUT2D eigenvalue weighted by Gasteiger charge is -2.33. The van der Waals surface area contributed by atoms with E-state index in [-0.39, 0.29) is 24.6 Å². The minimum atomic E-state index is -0.307. The van der Waals surface area contributed by atoms with Gasteiger partial charge < -0.3 is 24.3 Å². The van der Waals surface area contributed by atoms with Crippen LogP contribution in [0.5, 0.6) is 0 Å². The van der Waals surface area contributed by atoms with Crippen LogP contribution in [-0.4, -0.2) is 78.4 Å². The van der Waals surface area contributed by atoms with Crippen LogP contribution in [0, 0.1) is 25.2 Å². The minimum absolute atomic E-state index is 0.105.